The van der Waals surface area contributed by atoms with E-state index in [1.807, 2.05) is 0 Å². The van der Waals surface area contributed by atoms with Crippen molar-refractivity contribution in [1.29, 1.82) is 0 Å². The molecule has 0 aliphatic rings. The summed E-state index contributed by atoms with van der Waals surface area (Å²) in [7, 11) is -17.3. The second-order valence-electron chi connectivity index (χ2n) is 6.60. The molecule has 158 valence electrons. The van der Waals surface area contributed by atoms with Gasteiger partial charge in [0.25, 0.3) is 40.5 Å². The largest absolute Gasteiger partial charge is 0.282 e. The number of hydrogen-bond donors (Lipinski definition) is 0. The molecule has 0 aromatic heterocycles. The lowest BCUT2D eigenvalue weighted by Crippen LogP contribution is -2.23. The minimum absolute atomic E-state index is 0.244. The van der Waals surface area contributed by atoms with Crippen molar-refractivity contribution in [1.82, 2.24) is 0 Å². The fourth-order valence-corrected chi connectivity index (χ4v) is 8.08. The summed E-state index contributed by atoms with van der Waals surface area (Å²) in [4.78, 5) is 0. The van der Waals surface area contributed by atoms with E-state index in [2.05, 4.69) is 7.26 Å². The summed E-state index contributed by atoms with van der Waals surface area (Å²) in [6.45, 7) is 6.30. The molecule has 0 amide bonds. The first-order valence-electron chi connectivity index (χ1n) is 7.78. The lowest BCUT2D eigenvalue weighted by atomic mass is 10.3. The maximum absolute atomic E-state index is 11.6. The molecule has 0 saturated heterocycles. The highest BCUT2D eigenvalue weighted by Gasteiger charge is 2.26. The number of rotatable bonds is 13. The van der Waals surface area contributed by atoms with Crippen molar-refractivity contribution in [3.8, 4) is 0 Å². The molecule has 0 N–H and O–H groups in total. The van der Waals surface area contributed by atoms with Crippen molar-refractivity contribution in [3.05, 3.63) is 0 Å². The highest BCUT2D eigenvalue weighted by molar-refractivity contribution is 8.00. The molecular formula is C12H26O10S4. The Balaban J connectivity index is 4.57. The Bertz CT molecular complexity index is 775. The first kappa shape index (κ1) is 25.7. The Kier molecular flexibility index (Phi) is 9.67. The van der Waals surface area contributed by atoms with E-state index in [0.717, 1.165) is 0 Å². The molecule has 14 heteroatoms. The molecule has 26 heavy (non-hydrogen) atoms. The van der Waals surface area contributed by atoms with Crippen molar-refractivity contribution in [2.24, 2.45) is 11.8 Å². The van der Waals surface area contributed by atoms with Gasteiger partial charge < -0.3 is 0 Å². The van der Waals surface area contributed by atoms with Crippen LogP contribution in [0.15, 0.2) is 0 Å². The zero-order valence-corrected chi connectivity index (χ0v) is 18.4. The van der Waals surface area contributed by atoms with Crippen LogP contribution in [0.25, 0.3) is 0 Å². The molecule has 0 spiro atoms. The lowest BCUT2D eigenvalue weighted by Gasteiger charge is -2.09. The first-order valence-corrected chi connectivity index (χ1v) is 14.1. The van der Waals surface area contributed by atoms with Crippen LogP contribution in [0.3, 0.4) is 0 Å². The maximum Gasteiger partial charge on any atom is 0.282 e. The molecule has 0 aromatic carbocycles. The van der Waals surface area contributed by atoms with Crippen LogP contribution in [0.5, 0.6) is 0 Å². The second kappa shape index (κ2) is 9.78. The maximum atomic E-state index is 11.6. The molecule has 0 aliphatic carbocycles. The zero-order valence-electron chi connectivity index (χ0n) is 15.1. The van der Waals surface area contributed by atoms with Crippen LogP contribution in [-0.2, 0) is 47.7 Å². The average Bonchev–Trinajstić information content (AvgIpc) is 2.27. The lowest BCUT2D eigenvalue weighted by molar-refractivity contribution is 0.448. The molecule has 0 bridgehead atoms. The standard InChI is InChI=1S/C12H26O10S4/c1-11(2)9-25(17,18)21-23(13,14)7-5-6-8-24(15,16)22-26(19,20)10-12(3)4/h11-12H,5-10H2,1-4H3. The van der Waals surface area contributed by atoms with E-state index in [1.165, 1.54) is 0 Å². The van der Waals surface area contributed by atoms with Crippen LogP contribution in [-0.4, -0.2) is 56.7 Å². The van der Waals surface area contributed by atoms with Crippen molar-refractivity contribution < 1.29 is 40.9 Å². The molecule has 0 unspecified atom stereocenters. The molecule has 0 rings (SSSR count). The van der Waals surface area contributed by atoms with Gasteiger partial charge in [-0.3, -0.25) is 0 Å². The summed E-state index contributed by atoms with van der Waals surface area (Å²) >= 11 is 0. The van der Waals surface area contributed by atoms with Crippen molar-refractivity contribution in [2.45, 2.75) is 40.5 Å². The molecule has 0 heterocycles. The van der Waals surface area contributed by atoms with E-state index in [4.69, 9.17) is 0 Å². The smallest absolute Gasteiger partial charge is 0.198 e. The Hall–Kier alpha value is -0.280. The van der Waals surface area contributed by atoms with Gasteiger partial charge in [-0.25, -0.2) is 0 Å². The highest BCUT2D eigenvalue weighted by Crippen LogP contribution is 2.12. The van der Waals surface area contributed by atoms with Crippen LogP contribution < -0.4 is 0 Å². The minimum Gasteiger partial charge on any atom is -0.198 e. The third kappa shape index (κ3) is 13.0. The Morgan fingerprint density at radius 1 is 0.538 bits per heavy atom. The Labute approximate surface area is 156 Å². The summed E-state index contributed by atoms with van der Waals surface area (Å²) in [6.07, 6.45) is -0.487. The van der Waals surface area contributed by atoms with Gasteiger partial charge >= 0.3 is 0 Å². The van der Waals surface area contributed by atoms with Crippen LogP contribution in [0.2, 0.25) is 0 Å². The van der Waals surface area contributed by atoms with E-state index in [9.17, 15) is 33.7 Å². The molecule has 0 atom stereocenters. The topological polar surface area (TPSA) is 155 Å². The summed E-state index contributed by atoms with van der Waals surface area (Å²) in [5.74, 6) is -3.04. The predicted octanol–water partition coefficient (Wildman–Crippen LogP) is 0.431. The van der Waals surface area contributed by atoms with E-state index in [1.54, 1.807) is 27.7 Å². The Morgan fingerprint density at radius 2 is 0.808 bits per heavy atom. The summed E-state index contributed by atoms with van der Waals surface area (Å²) in [6, 6.07) is 0. The van der Waals surface area contributed by atoms with Gasteiger partial charge in [0.2, 0.25) is 0 Å². The van der Waals surface area contributed by atoms with E-state index in [-0.39, 0.29) is 24.7 Å². The van der Waals surface area contributed by atoms with Crippen LogP contribution in [0.4, 0.5) is 0 Å². The highest BCUT2D eigenvalue weighted by atomic mass is 32.3. The van der Waals surface area contributed by atoms with Crippen LogP contribution >= 0.6 is 0 Å². The van der Waals surface area contributed by atoms with Crippen molar-refractivity contribution in [2.75, 3.05) is 23.0 Å². The molecule has 0 fully saturated rings. The second-order valence-corrected chi connectivity index (χ2v) is 13.6. The van der Waals surface area contributed by atoms with Crippen molar-refractivity contribution in [3.63, 3.8) is 0 Å². The van der Waals surface area contributed by atoms with E-state index >= 15 is 0 Å². The van der Waals surface area contributed by atoms with E-state index in [0.29, 0.717) is 0 Å². The number of hydrogen-bond acceptors (Lipinski definition) is 10. The van der Waals surface area contributed by atoms with Gasteiger partial charge in [0.15, 0.2) is 0 Å². The van der Waals surface area contributed by atoms with Gasteiger partial charge in [-0.05, 0) is 24.7 Å². The summed E-state index contributed by atoms with van der Waals surface area (Å²) in [5, 5.41) is 0. The molecule has 0 saturated carbocycles. The molecule has 0 aromatic rings. The fourth-order valence-electron chi connectivity index (χ4n) is 1.81. The summed E-state index contributed by atoms with van der Waals surface area (Å²) < 4.78 is 101. The fraction of sp³-hybridized carbons (Fsp3) is 1.00. The monoisotopic (exact) mass is 458 g/mol. The molecule has 0 aliphatic heterocycles. The average molecular weight is 459 g/mol. The SMILES string of the molecule is CC(C)CS(=O)(=O)OS(=O)(=O)CCCCS(=O)(=O)OS(=O)(=O)CC(C)C. The van der Waals surface area contributed by atoms with Crippen LogP contribution in [0, 0.1) is 11.8 Å². The first-order chi connectivity index (χ1) is 11.5. The van der Waals surface area contributed by atoms with Gasteiger partial charge in [0, 0.05) is 0 Å². The van der Waals surface area contributed by atoms with Gasteiger partial charge in [-0.1, -0.05) is 27.7 Å². The zero-order chi connectivity index (χ0) is 20.8. The third-order valence-corrected chi connectivity index (χ3v) is 9.57. The Morgan fingerprint density at radius 3 is 1.04 bits per heavy atom. The van der Waals surface area contributed by atoms with Crippen molar-refractivity contribution >= 4 is 40.5 Å². The molecule has 0 radical (unpaired) electrons. The summed E-state index contributed by atoms with van der Waals surface area (Å²) in [5.41, 5.74) is 0. The van der Waals surface area contributed by atoms with Gasteiger partial charge in [-0.15, -0.1) is 7.26 Å². The predicted molar refractivity (Wildman–Crippen MR) is 96.2 cm³/mol. The number of unbranched alkanes of at least 4 members (excludes halogenated alkanes) is 1. The quantitative estimate of drug-likeness (QED) is 0.355. The molecular weight excluding hydrogens is 432 g/mol. The van der Waals surface area contributed by atoms with E-state index < -0.39 is 63.5 Å². The normalized spacial score (nSPS) is 14.2. The van der Waals surface area contributed by atoms with Gasteiger partial charge in [0.05, 0.1) is 23.0 Å². The van der Waals surface area contributed by atoms with Gasteiger partial charge in [-0.2, -0.15) is 33.7 Å². The van der Waals surface area contributed by atoms with Crippen LogP contribution in [0.1, 0.15) is 40.5 Å². The molecule has 10 nitrogen and oxygen atoms in total. The van der Waals surface area contributed by atoms with Gasteiger partial charge in [0.1, 0.15) is 0 Å². The minimum atomic E-state index is -4.40. The third-order valence-electron chi connectivity index (χ3n) is 2.53.